The molecule has 1 saturated heterocycles. The van der Waals surface area contributed by atoms with Gasteiger partial charge in [0.15, 0.2) is 0 Å². The summed E-state index contributed by atoms with van der Waals surface area (Å²) < 4.78 is 5.23. The van der Waals surface area contributed by atoms with E-state index in [1.165, 1.54) is 29.2 Å². The highest BCUT2D eigenvalue weighted by molar-refractivity contribution is 6.46. The number of nitro benzene ring substituents is 1. The van der Waals surface area contributed by atoms with Gasteiger partial charge in [-0.25, -0.2) is 0 Å². The number of ketones is 1. The van der Waals surface area contributed by atoms with Crippen molar-refractivity contribution in [1.29, 1.82) is 0 Å². The van der Waals surface area contributed by atoms with Crippen LogP contribution in [0, 0.1) is 17.0 Å². The van der Waals surface area contributed by atoms with Gasteiger partial charge >= 0.3 is 0 Å². The third kappa shape index (κ3) is 4.62. The van der Waals surface area contributed by atoms with Crippen molar-refractivity contribution < 1.29 is 29.5 Å². The minimum Gasteiger partial charge on any atom is -0.507 e. The van der Waals surface area contributed by atoms with Crippen molar-refractivity contribution in [3.05, 3.63) is 80.9 Å². The first-order valence-corrected chi connectivity index (χ1v) is 9.63. The molecule has 2 aromatic rings. The number of aryl methyl sites for hydroxylation is 1. The molecule has 2 aromatic carbocycles. The van der Waals surface area contributed by atoms with Crippen LogP contribution in [-0.2, 0) is 14.3 Å². The lowest BCUT2D eigenvalue weighted by Gasteiger charge is -2.25. The van der Waals surface area contributed by atoms with E-state index in [0.717, 1.165) is 5.56 Å². The lowest BCUT2D eigenvalue weighted by molar-refractivity contribution is -0.384. The molecule has 0 aliphatic carbocycles. The zero-order chi connectivity index (χ0) is 22.5. The van der Waals surface area contributed by atoms with Crippen LogP contribution in [0.1, 0.15) is 22.7 Å². The molecule has 1 fully saturated rings. The molecule has 0 aromatic heterocycles. The highest BCUT2D eigenvalue weighted by Crippen LogP contribution is 2.39. The maximum Gasteiger partial charge on any atom is 0.295 e. The van der Waals surface area contributed by atoms with Gasteiger partial charge in [-0.15, -0.1) is 0 Å². The Bertz CT molecular complexity index is 1010. The first-order valence-electron chi connectivity index (χ1n) is 9.63. The summed E-state index contributed by atoms with van der Waals surface area (Å²) in [7, 11) is 0. The smallest absolute Gasteiger partial charge is 0.295 e. The van der Waals surface area contributed by atoms with E-state index in [4.69, 9.17) is 9.84 Å². The quantitative estimate of drug-likeness (QED) is 0.165. The molecule has 1 unspecified atom stereocenters. The number of carbonyl (C=O) groups is 2. The summed E-state index contributed by atoms with van der Waals surface area (Å²) in [6.45, 7) is 1.89. The number of Topliss-reactive ketones (excluding diaryl/α,β-unsaturated/α-hetero) is 1. The first kappa shape index (κ1) is 22.1. The van der Waals surface area contributed by atoms with E-state index in [0.29, 0.717) is 11.1 Å². The highest BCUT2D eigenvalue weighted by Gasteiger charge is 2.45. The van der Waals surface area contributed by atoms with E-state index in [-0.39, 0.29) is 43.4 Å². The Morgan fingerprint density at radius 2 is 1.74 bits per heavy atom. The summed E-state index contributed by atoms with van der Waals surface area (Å²) in [6, 6.07) is 11.4. The maximum atomic E-state index is 12.8. The predicted octanol–water partition coefficient (Wildman–Crippen LogP) is 2.33. The zero-order valence-corrected chi connectivity index (χ0v) is 16.9. The monoisotopic (exact) mass is 426 g/mol. The van der Waals surface area contributed by atoms with E-state index in [1.54, 1.807) is 24.3 Å². The number of likely N-dealkylation sites (tertiary alicyclic amines) is 1. The number of aliphatic hydroxyl groups is 2. The Balaban J connectivity index is 2.07. The van der Waals surface area contributed by atoms with Crippen molar-refractivity contribution >= 4 is 23.1 Å². The van der Waals surface area contributed by atoms with Crippen LogP contribution in [0.15, 0.2) is 54.1 Å². The molecular formula is C22H22N2O7. The fraction of sp³-hybridized carbons (Fsp3) is 0.273. The maximum absolute atomic E-state index is 12.8. The van der Waals surface area contributed by atoms with Gasteiger partial charge < -0.3 is 19.8 Å². The molecule has 3 rings (SSSR count). The molecule has 31 heavy (non-hydrogen) atoms. The Kier molecular flexibility index (Phi) is 6.78. The van der Waals surface area contributed by atoms with Crippen molar-refractivity contribution in [3.8, 4) is 0 Å². The molecule has 1 heterocycles. The molecule has 1 aliphatic heterocycles. The minimum atomic E-state index is -0.931. The number of amides is 1. The van der Waals surface area contributed by atoms with E-state index in [1.807, 2.05) is 6.92 Å². The number of nitrogens with zero attached hydrogens (tertiary/aromatic N) is 2. The lowest BCUT2D eigenvalue weighted by Crippen LogP contribution is -2.33. The lowest BCUT2D eigenvalue weighted by atomic mass is 9.95. The number of rotatable bonds is 8. The predicted molar refractivity (Wildman–Crippen MR) is 111 cm³/mol. The average Bonchev–Trinajstić information content (AvgIpc) is 3.01. The molecule has 0 bridgehead atoms. The van der Waals surface area contributed by atoms with Gasteiger partial charge in [0, 0.05) is 24.2 Å². The number of hydrogen-bond donors (Lipinski definition) is 2. The van der Waals surface area contributed by atoms with E-state index >= 15 is 0 Å². The second-order valence-corrected chi connectivity index (χ2v) is 7.04. The van der Waals surface area contributed by atoms with E-state index < -0.39 is 22.7 Å². The van der Waals surface area contributed by atoms with Crippen LogP contribution in [0.4, 0.5) is 5.69 Å². The third-order valence-electron chi connectivity index (χ3n) is 5.00. The van der Waals surface area contributed by atoms with Gasteiger partial charge in [0.2, 0.25) is 0 Å². The summed E-state index contributed by atoms with van der Waals surface area (Å²) in [4.78, 5) is 37.3. The summed E-state index contributed by atoms with van der Waals surface area (Å²) in [5.41, 5.74) is 1.56. The fourth-order valence-electron chi connectivity index (χ4n) is 3.43. The van der Waals surface area contributed by atoms with Gasteiger partial charge in [-0.1, -0.05) is 29.8 Å². The molecule has 1 amide bonds. The molecule has 1 atom stereocenters. The SMILES string of the molecule is Cc1ccc(/C(O)=C2\C(=O)C(=O)N(CCOCCO)C2c2ccc([N+](=O)[O-])cc2)cc1. The van der Waals surface area contributed by atoms with E-state index in [2.05, 4.69) is 0 Å². The number of aliphatic hydroxyl groups excluding tert-OH is 2. The first-order chi connectivity index (χ1) is 14.8. The second-order valence-electron chi connectivity index (χ2n) is 7.04. The summed E-state index contributed by atoms with van der Waals surface area (Å²) in [6.07, 6.45) is 0. The Labute approximate surface area is 178 Å². The van der Waals surface area contributed by atoms with Crippen LogP contribution in [0.2, 0.25) is 0 Å². The van der Waals surface area contributed by atoms with Crippen molar-refractivity contribution in [1.82, 2.24) is 4.90 Å². The van der Waals surface area contributed by atoms with Crippen LogP contribution in [-0.4, -0.2) is 58.1 Å². The Morgan fingerprint density at radius 3 is 2.32 bits per heavy atom. The summed E-state index contributed by atoms with van der Waals surface area (Å²) in [5, 5.41) is 30.8. The van der Waals surface area contributed by atoms with Crippen LogP contribution < -0.4 is 0 Å². The molecule has 0 spiro atoms. The zero-order valence-electron chi connectivity index (χ0n) is 16.9. The van der Waals surface area contributed by atoms with Crippen LogP contribution in [0.5, 0.6) is 0 Å². The van der Waals surface area contributed by atoms with Gasteiger partial charge in [0.25, 0.3) is 17.4 Å². The molecule has 0 radical (unpaired) electrons. The van der Waals surface area contributed by atoms with Crippen LogP contribution >= 0.6 is 0 Å². The van der Waals surface area contributed by atoms with Gasteiger partial charge in [0.1, 0.15) is 5.76 Å². The van der Waals surface area contributed by atoms with Crippen LogP contribution in [0.3, 0.4) is 0 Å². The molecule has 162 valence electrons. The Morgan fingerprint density at radius 1 is 1.10 bits per heavy atom. The van der Waals surface area contributed by atoms with Crippen molar-refractivity contribution in [2.75, 3.05) is 26.4 Å². The van der Waals surface area contributed by atoms with Crippen molar-refractivity contribution in [2.45, 2.75) is 13.0 Å². The molecule has 9 nitrogen and oxygen atoms in total. The topological polar surface area (TPSA) is 130 Å². The highest BCUT2D eigenvalue weighted by atomic mass is 16.6. The largest absolute Gasteiger partial charge is 0.507 e. The number of hydrogen-bond acceptors (Lipinski definition) is 7. The van der Waals surface area contributed by atoms with Gasteiger partial charge in [0.05, 0.1) is 36.4 Å². The number of ether oxygens (including phenoxy) is 1. The summed E-state index contributed by atoms with van der Waals surface area (Å²) >= 11 is 0. The standard InChI is InChI=1S/C22H22N2O7/c1-14-2-4-16(5-3-14)20(26)18-19(15-6-8-17(9-7-15)24(29)30)23(22(28)21(18)27)10-12-31-13-11-25/h2-9,19,25-26H,10-13H2,1H3/b20-18+. The normalized spacial score (nSPS) is 17.9. The number of non-ortho nitro benzene ring substituents is 1. The average molecular weight is 426 g/mol. The van der Waals surface area contributed by atoms with Crippen molar-refractivity contribution in [2.24, 2.45) is 0 Å². The number of carbonyl (C=O) groups excluding carboxylic acids is 2. The summed E-state index contributed by atoms with van der Waals surface area (Å²) in [5.74, 6) is -1.96. The molecule has 1 aliphatic rings. The minimum absolute atomic E-state index is 0.0386. The molecule has 0 saturated carbocycles. The second kappa shape index (κ2) is 9.50. The van der Waals surface area contributed by atoms with Crippen LogP contribution in [0.25, 0.3) is 5.76 Å². The van der Waals surface area contributed by atoms with Gasteiger partial charge in [-0.2, -0.15) is 0 Å². The molecule has 2 N–H and O–H groups in total. The Hall–Kier alpha value is -3.56. The van der Waals surface area contributed by atoms with Gasteiger partial charge in [-0.3, -0.25) is 19.7 Å². The van der Waals surface area contributed by atoms with Gasteiger partial charge in [-0.05, 0) is 24.6 Å². The van der Waals surface area contributed by atoms with Crippen molar-refractivity contribution in [3.63, 3.8) is 0 Å². The third-order valence-corrected chi connectivity index (χ3v) is 5.00. The number of nitro groups is 1. The molecular weight excluding hydrogens is 404 g/mol. The number of benzene rings is 2. The fourth-order valence-corrected chi connectivity index (χ4v) is 3.43. The van der Waals surface area contributed by atoms with E-state index in [9.17, 15) is 24.8 Å². The molecule has 9 heteroatoms.